The molecule has 6 nitrogen and oxygen atoms in total. The lowest BCUT2D eigenvalue weighted by atomic mass is 10.1. The molecule has 0 unspecified atom stereocenters. The summed E-state index contributed by atoms with van der Waals surface area (Å²) in [4.78, 5) is 17.6. The summed E-state index contributed by atoms with van der Waals surface area (Å²) in [6.45, 7) is 4.52. The van der Waals surface area contributed by atoms with Crippen molar-refractivity contribution in [3.05, 3.63) is 53.4 Å². The van der Waals surface area contributed by atoms with E-state index in [9.17, 15) is 5.11 Å². The molecule has 0 saturated carbocycles. The van der Waals surface area contributed by atoms with Gasteiger partial charge in [0.15, 0.2) is 0 Å². The standard InChI is InChI=1S/C18H18ClN5O/c19-15-10-21-18(22-11-15)24-5-3-23(4-6-24)12-13-7-14-1-2-16(25)8-17(14)20-9-13/h1-2,7-11,25H,3-6,12H2. The molecule has 0 atom stereocenters. The summed E-state index contributed by atoms with van der Waals surface area (Å²) in [6.07, 6.45) is 5.15. The minimum atomic E-state index is 0.244. The van der Waals surface area contributed by atoms with Crippen molar-refractivity contribution >= 4 is 28.5 Å². The van der Waals surface area contributed by atoms with Crippen LogP contribution < -0.4 is 4.90 Å². The molecule has 1 aromatic carbocycles. The van der Waals surface area contributed by atoms with Crippen molar-refractivity contribution in [3.8, 4) is 5.75 Å². The van der Waals surface area contributed by atoms with Gasteiger partial charge in [0.25, 0.3) is 0 Å². The number of benzene rings is 1. The average molecular weight is 356 g/mol. The van der Waals surface area contributed by atoms with E-state index in [0.29, 0.717) is 5.02 Å². The molecular weight excluding hydrogens is 338 g/mol. The summed E-state index contributed by atoms with van der Waals surface area (Å²) < 4.78 is 0. The fourth-order valence-corrected chi connectivity index (χ4v) is 3.17. The number of piperazine rings is 1. The minimum absolute atomic E-state index is 0.244. The molecular formula is C18H18ClN5O. The topological polar surface area (TPSA) is 65.4 Å². The first-order valence-electron chi connectivity index (χ1n) is 8.20. The van der Waals surface area contributed by atoms with E-state index in [4.69, 9.17) is 11.6 Å². The highest BCUT2D eigenvalue weighted by Gasteiger charge is 2.19. The molecule has 0 bridgehead atoms. The number of hydrogen-bond acceptors (Lipinski definition) is 6. The smallest absolute Gasteiger partial charge is 0.225 e. The van der Waals surface area contributed by atoms with Gasteiger partial charge in [0.05, 0.1) is 22.9 Å². The number of anilines is 1. The third-order valence-corrected chi connectivity index (χ3v) is 4.59. The van der Waals surface area contributed by atoms with Crippen molar-refractivity contribution in [2.75, 3.05) is 31.1 Å². The maximum Gasteiger partial charge on any atom is 0.225 e. The molecule has 3 aromatic rings. The summed E-state index contributed by atoms with van der Waals surface area (Å²) in [7, 11) is 0. The van der Waals surface area contributed by atoms with Crippen molar-refractivity contribution in [3.63, 3.8) is 0 Å². The van der Waals surface area contributed by atoms with E-state index >= 15 is 0 Å². The Hall–Kier alpha value is -2.44. The fourth-order valence-electron chi connectivity index (χ4n) is 3.07. The Morgan fingerprint density at radius 2 is 1.72 bits per heavy atom. The number of fused-ring (bicyclic) bond motifs is 1. The highest BCUT2D eigenvalue weighted by Crippen LogP contribution is 2.20. The van der Waals surface area contributed by atoms with Crippen LogP contribution in [0.5, 0.6) is 5.75 Å². The Morgan fingerprint density at radius 1 is 0.960 bits per heavy atom. The monoisotopic (exact) mass is 355 g/mol. The zero-order chi connectivity index (χ0) is 17.2. The molecule has 3 heterocycles. The second-order valence-electron chi connectivity index (χ2n) is 6.19. The third kappa shape index (κ3) is 3.65. The number of phenolic OH excluding ortho intramolecular Hbond substituents is 1. The number of hydrogen-bond donors (Lipinski definition) is 1. The van der Waals surface area contributed by atoms with Crippen LogP contribution in [-0.2, 0) is 6.54 Å². The molecule has 1 N–H and O–H groups in total. The number of nitrogens with zero attached hydrogens (tertiary/aromatic N) is 5. The van der Waals surface area contributed by atoms with Crippen LogP contribution in [0.15, 0.2) is 42.9 Å². The lowest BCUT2D eigenvalue weighted by Gasteiger charge is -2.34. The summed E-state index contributed by atoms with van der Waals surface area (Å²) in [5, 5.41) is 11.1. The molecule has 25 heavy (non-hydrogen) atoms. The second kappa shape index (κ2) is 6.82. The highest BCUT2D eigenvalue weighted by atomic mass is 35.5. The van der Waals surface area contributed by atoms with Gasteiger partial charge in [-0.15, -0.1) is 0 Å². The van der Waals surface area contributed by atoms with Gasteiger partial charge in [-0.3, -0.25) is 9.88 Å². The Kier molecular flexibility index (Phi) is 4.38. The minimum Gasteiger partial charge on any atom is -0.508 e. The lowest BCUT2D eigenvalue weighted by Crippen LogP contribution is -2.46. The van der Waals surface area contributed by atoms with Gasteiger partial charge in [0, 0.05) is 50.4 Å². The van der Waals surface area contributed by atoms with Gasteiger partial charge < -0.3 is 10.0 Å². The quantitative estimate of drug-likeness (QED) is 0.779. The summed E-state index contributed by atoms with van der Waals surface area (Å²) >= 11 is 5.84. The maximum atomic E-state index is 9.52. The zero-order valence-electron chi connectivity index (χ0n) is 13.6. The van der Waals surface area contributed by atoms with E-state index in [2.05, 4.69) is 30.8 Å². The van der Waals surface area contributed by atoms with Gasteiger partial charge in [-0.1, -0.05) is 11.6 Å². The van der Waals surface area contributed by atoms with Crippen LogP contribution in [0.25, 0.3) is 10.9 Å². The highest BCUT2D eigenvalue weighted by molar-refractivity contribution is 6.30. The molecule has 7 heteroatoms. The van der Waals surface area contributed by atoms with E-state index in [0.717, 1.165) is 49.6 Å². The van der Waals surface area contributed by atoms with E-state index in [1.807, 2.05) is 12.3 Å². The van der Waals surface area contributed by atoms with E-state index < -0.39 is 0 Å². The normalized spacial score (nSPS) is 15.6. The molecule has 0 spiro atoms. The first kappa shape index (κ1) is 16.1. The van der Waals surface area contributed by atoms with Gasteiger partial charge in [0.2, 0.25) is 5.95 Å². The van der Waals surface area contributed by atoms with E-state index in [1.165, 1.54) is 5.56 Å². The molecule has 2 aromatic heterocycles. The van der Waals surface area contributed by atoms with Crippen LogP contribution in [0.2, 0.25) is 5.02 Å². The van der Waals surface area contributed by atoms with Crippen LogP contribution >= 0.6 is 11.6 Å². The Morgan fingerprint density at radius 3 is 2.48 bits per heavy atom. The molecule has 0 amide bonds. The predicted molar refractivity (Wildman–Crippen MR) is 97.9 cm³/mol. The van der Waals surface area contributed by atoms with Crippen molar-refractivity contribution in [1.29, 1.82) is 0 Å². The molecule has 0 radical (unpaired) electrons. The van der Waals surface area contributed by atoms with Crippen molar-refractivity contribution < 1.29 is 5.11 Å². The molecule has 0 aliphatic carbocycles. The summed E-state index contributed by atoms with van der Waals surface area (Å²) in [5.41, 5.74) is 1.99. The van der Waals surface area contributed by atoms with E-state index in [-0.39, 0.29) is 5.75 Å². The average Bonchev–Trinajstić information content (AvgIpc) is 2.63. The first-order valence-corrected chi connectivity index (χ1v) is 8.58. The molecule has 1 aliphatic rings. The predicted octanol–water partition coefficient (Wildman–Crippen LogP) is 2.71. The number of aromatic hydroxyl groups is 1. The maximum absolute atomic E-state index is 9.52. The molecule has 1 fully saturated rings. The fraction of sp³-hybridized carbons (Fsp3) is 0.278. The van der Waals surface area contributed by atoms with Crippen molar-refractivity contribution in [2.45, 2.75) is 6.54 Å². The lowest BCUT2D eigenvalue weighted by molar-refractivity contribution is 0.248. The Bertz CT molecular complexity index is 878. The molecule has 1 aliphatic heterocycles. The largest absolute Gasteiger partial charge is 0.508 e. The number of phenols is 1. The van der Waals surface area contributed by atoms with Gasteiger partial charge in [-0.2, -0.15) is 0 Å². The molecule has 1 saturated heterocycles. The number of aromatic nitrogens is 3. The van der Waals surface area contributed by atoms with Crippen molar-refractivity contribution in [1.82, 2.24) is 19.9 Å². The summed E-state index contributed by atoms with van der Waals surface area (Å²) in [5.74, 6) is 0.976. The van der Waals surface area contributed by atoms with Crippen LogP contribution in [0, 0.1) is 0 Å². The van der Waals surface area contributed by atoms with Gasteiger partial charge in [-0.05, 0) is 23.8 Å². The number of halogens is 1. The molecule has 4 rings (SSSR count). The Labute approximate surface area is 150 Å². The summed E-state index contributed by atoms with van der Waals surface area (Å²) in [6, 6.07) is 7.41. The third-order valence-electron chi connectivity index (χ3n) is 4.39. The Balaban J connectivity index is 1.40. The SMILES string of the molecule is Oc1ccc2cc(CN3CCN(c4ncc(Cl)cn4)CC3)cnc2c1. The number of pyridine rings is 1. The van der Waals surface area contributed by atoms with Crippen LogP contribution in [0.4, 0.5) is 5.95 Å². The first-order chi connectivity index (χ1) is 12.2. The van der Waals surface area contributed by atoms with Crippen LogP contribution in [0.3, 0.4) is 0 Å². The van der Waals surface area contributed by atoms with Gasteiger partial charge in [0.1, 0.15) is 5.75 Å². The number of rotatable bonds is 3. The van der Waals surface area contributed by atoms with Crippen LogP contribution in [0.1, 0.15) is 5.56 Å². The second-order valence-corrected chi connectivity index (χ2v) is 6.62. The molecule has 128 valence electrons. The zero-order valence-corrected chi connectivity index (χ0v) is 14.4. The van der Waals surface area contributed by atoms with E-state index in [1.54, 1.807) is 24.5 Å². The van der Waals surface area contributed by atoms with Crippen LogP contribution in [-0.4, -0.2) is 51.1 Å². The van der Waals surface area contributed by atoms with Gasteiger partial charge >= 0.3 is 0 Å². The van der Waals surface area contributed by atoms with Gasteiger partial charge in [-0.25, -0.2) is 9.97 Å². The van der Waals surface area contributed by atoms with Crippen molar-refractivity contribution in [2.24, 2.45) is 0 Å².